The number of hydrogen-bond donors (Lipinski definition) is 0. The molecule has 3 nitrogen and oxygen atoms in total. The van der Waals surface area contributed by atoms with Crippen LogP contribution < -0.4 is 0 Å². The molecule has 4 heteroatoms. The Balaban J connectivity index is 1.96. The highest BCUT2D eigenvalue weighted by Crippen LogP contribution is 2.28. The van der Waals surface area contributed by atoms with Crippen molar-refractivity contribution in [1.29, 1.82) is 0 Å². The van der Waals surface area contributed by atoms with Gasteiger partial charge in [0.1, 0.15) is 5.82 Å². The molecule has 1 saturated heterocycles. The van der Waals surface area contributed by atoms with E-state index in [9.17, 15) is 4.39 Å². The molecule has 0 radical (unpaired) electrons. The Kier molecular flexibility index (Phi) is 3.85. The van der Waals surface area contributed by atoms with Crippen molar-refractivity contribution in [3.8, 4) is 0 Å². The Morgan fingerprint density at radius 1 is 1.62 bits per heavy atom. The van der Waals surface area contributed by atoms with Gasteiger partial charge in [0.2, 0.25) is 0 Å². The van der Waals surface area contributed by atoms with Crippen molar-refractivity contribution in [1.82, 2.24) is 9.88 Å². The molecule has 16 heavy (non-hydrogen) atoms. The van der Waals surface area contributed by atoms with E-state index in [-0.39, 0.29) is 5.82 Å². The Bertz CT molecular complexity index is 346. The summed E-state index contributed by atoms with van der Waals surface area (Å²) < 4.78 is 18.6. The van der Waals surface area contributed by atoms with Crippen LogP contribution in [0.3, 0.4) is 0 Å². The molecule has 1 aliphatic rings. The highest BCUT2D eigenvalue weighted by Gasteiger charge is 2.25. The number of halogens is 1. The summed E-state index contributed by atoms with van der Waals surface area (Å²) in [7, 11) is 1.70. The smallest absolute Gasteiger partial charge is 0.144 e. The van der Waals surface area contributed by atoms with Crippen LogP contribution in [0.2, 0.25) is 0 Å². The third-order valence-corrected chi connectivity index (χ3v) is 3.13. The maximum absolute atomic E-state index is 13.5. The average Bonchev–Trinajstić information content (AvgIpc) is 2.75. The van der Waals surface area contributed by atoms with E-state index < -0.39 is 0 Å². The van der Waals surface area contributed by atoms with Crippen molar-refractivity contribution >= 4 is 0 Å². The van der Waals surface area contributed by atoms with E-state index in [0.29, 0.717) is 5.92 Å². The zero-order valence-electron chi connectivity index (χ0n) is 9.53. The van der Waals surface area contributed by atoms with Crippen molar-refractivity contribution in [2.75, 3.05) is 33.4 Å². The van der Waals surface area contributed by atoms with E-state index in [1.54, 1.807) is 19.4 Å². The second kappa shape index (κ2) is 5.37. The number of likely N-dealkylation sites (tertiary alicyclic amines) is 1. The number of methoxy groups -OCH3 is 1. The molecular formula is C12H17FN2O. The lowest BCUT2D eigenvalue weighted by molar-refractivity contribution is 0.160. The zero-order valence-corrected chi connectivity index (χ0v) is 9.53. The number of nitrogens with zero attached hydrogens (tertiary/aromatic N) is 2. The lowest BCUT2D eigenvalue weighted by Crippen LogP contribution is -2.24. The maximum Gasteiger partial charge on any atom is 0.144 e. The fourth-order valence-electron chi connectivity index (χ4n) is 2.23. The second-order valence-corrected chi connectivity index (χ2v) is 4.18. The molecule has 2 heterocycles. The highest BCUT2D eigenvalue weighted by molar-refractivity contribution is 5.19. The molecule has 0 N–H and O–H groups in total. The Hall–Kier alpha value is -1.00. The fourth-order valence-corrected chi connectivity index (χ4v) is 2.23. The normalized spacial score (nSPS) is 21.5. The molecule has 1 atom stereocenters. The van der Waals surface area contributed by atoms with Crippen LogP contribution in [0.4, 0.5) is 4.39 Å². The minimum atomic E-state index is -0.180. The Morgan fingerprint density at radius 3 is 3.25 bits per heavy atom. The number of rotatable bonds is 4. The molecule has 1 aromatic rings. The summed E-state index contributed by atoms with van der Waals surface area (Å²) in [5.74, 6) is 0.126. The van der Waals surface area contributed by atoms with Gasteiger partial charge in [0.05, 0.1) is 12.8 Å². The minimum Gasteiger partial charge on any atom is -0.383 e. The standard InChI is InChI=1S/C12H17FN2O/c1-16-7-6-15-5-3-10(9-15)11-2-4-14-8-12(11)13/h2,4,8,10H,3,5-7,9H2,1H3/t10-/m0/s1. The van der Waals surface area contributed by atoms with Crippen molar-refractivity contribution in [3.05, 3.63) is 29.8 Å². The largest absolute Gasteiger partial charge is 0.383 e. The van der Waals surface area contributed by atoms with E-state index >= 15 is 0 Å². The first-order valence-electron chi connectivity index (χ1n) is 5.62. The monoisotopic (exact) mass is 224 g/mol. The van der Waals surface area contributed by atoms with Crippen LogP contribution in [0.5, 0.6) is 0 Å². The van der Waals surface area contributed by atoms with Crippen molar-refractivity contribution in [3.63, 3.8) is 0 Å². The molecule has 1 fully saturated rings. The van der Waals surface area contributed by atoms with E-state index in [2.05, 4.69) is 9.88 Å². The molecule has 0 aliphatic carbocycles. The van der Waals surface area contributed by atoms with E-state index in [0.717, 1.165) is 38.2 Å². The van der Waals surface area contributed by atoms with Crippen LogP contribution in [0, 0.1) is 5.82 Å². The molecule has 1 aliphatic heterocycles. The average molecular weight is 224 g/mol. The summed E-state index contributed by atoms with van der Waals surface area (Å²) in [5, 5.41) is 0. The van der Waals surface area contributed by atoms with Gasteiger partial charge >= 0.3 is 0 Å². The van der Waals surface area contributed by atoms with Crippen LogP contribution in [0.25, 0.3) is 0 Å². The number of ether oxygens (including phenoxy) is 1. The quantitative estimate of drug-likeness (QED) is 0.777. The first kappa shape index (κ1) is 11.5. The molecule has 0 aromatic carbocycles. The summed E-state index contributed by atoms with van der Waals surface area (Å²) in [6, 6.07) is 1.79. The molecule has 0 bridgehead atoms. The number of aromatic nitrogens is 1. The van der Waals surface area contributed by atoms with Gasteiger partial charge in [-0.25, -0.2) is 4.39 Å². The summed E-state index contributed by atoms with van der Waals surface area (Å²) in [4.78, 5) is 6.09. The van der Waals surface area contributed by atoms with Gasteiger partial charge < -0.3 is 9.64 Å². The Morgan fingerprint density at radius 2 is 2.50 bits per heavy atom. The SMILES string of the molecule is COCCN1CC[C@H](c2ccncc2F)C1. The Labute approximate surface area is 95.2 Å². The van der Waals surface area contributed by atoms with Gasteiger partial charge in [0.15, 0.2) is 0 Å². The lowest BCUT2D eigenvalue weighted by atomic mass is 9.99. The molecule has 0 amide bonds. The molecule has 88 valence electrons. The third-order valence-electron chi connectivity index (χ3n) is 3.13. The van der Waals surface area contributed by atoms with Crippen molar-refractivity contribution < 1.29 is 9.13 Å². The molecule has 0 unspecified atom stereocenters. The van der Waals surface area contributed by atoms with Crippen molar-refractivity contribution in [2.24, 2.45) is 0 Å². The van der Waals surface area contributed by atoms with Crippen LogP contribution in [-0.2, 0) is 4.74 Å². The molecule has 0 saturated carbocycles. The van der Waals surface area contributed by atoms with E-state index in [4.69, 9.17) is 4.74 Å². The topological polar surface area (TPSA) is 25.4 Å². The third kappa shape index (κ3) is 2.57. The molecule has 2 rings (SSSR count). The molecule has 1 aromatic heterocycles. The first-order chi connectivity index (χ1) is 7.81. The van der Waals surface area contributed by atoms with E-state index in [1.807, 2.05) is 0 Å². The second-order valence-electron chi connectivity index (χ2n) is 4.18. The first-order valence-corrected chi connectivity index (χ1v) is 5.62. The van der Waals surface area contributed by atoms with Gasteiger partial charge in [0, 0.05) is 32.3 Å². The van der Waals surface area contributed by atoms with Gasteiger partial charge in [-0.3, -0.25) is 4.98 Å². The lowest BCUT2D eigenvalue weighted by Gasteiger charge is -2.15. The van der Waals surface area contributed by atoms with Gasteiger partial charge in [-0.15, -0.1) is 0 Å². The van der Waals surface area contributed by atoms with Crippen molar-refractivity contribution in [2.45, 2.75) is 12.3 Å². The van der Waals surface area contributed by atoms with E-state index in [1.165, 1.54) is 6.20 Å². The van der Waals surface area contributed by atoms with Gasteiger partial charge in [-0.2, -0.15) is 0 Å². The van der Waals surface area contributed by atoms with Gasteiger partial charge in [-0.05, 0) is 24.6 Å². The number of hydrogen-bond acceptors (Lipinski definition) is 3. The summed E-state index contributed by atoms with van der Waals surface area (Å²) in [5.41, 5.74) is 0.801. The fraction of sp³-hybridized carbons (Fsp3) is 0.583. The van der Waals surface area contributed by atoms with Crippen LogP contribution in [0.1, 0.15) is 17.9 Å². The minimum absolute atomic E-state index is 0.180. The van der Waals surface area contributed by atoms with Gasteiger partial charge in [-0.1, -0.05) is 0 Å². The maximum atomic E-state index is 13.5. The highest BCUT2D eigenvalue weighted by atomic mass is 19.1. The number of pyridine rings is 1. The zero-order chi connectivity index (χ0) is 11.4. The predicted octanol–water partition coefficient (Wildman–Crippen LogP) is 1.66. The predicted molar refractivity (Wildman–Crippen MR) is 59.9 cm³/mol. The van der Waals surface area contributed by atoms with Crippen LogP contribution in [0.15, 0.2) is 18.5 Å². The molecule has 0 spiro atoms. The molecular weight excluding hydrogens is 207 g/mol. The van der Waals surface area contributed by atoms with Crippen LogP contribution in [-0.4, -0.2) is 43.2 Å². The summed E-state index contributed by atoms with van der Waals surface area (Å²) in [6.07, 6.45) is 3.98. The van der Waals surface area contributed by atoms with Crippen LogP contribution >= 0.6 is 0 Å². The summed E-state index contributed by atoms with van der Waals surface area (Å²) in [6.45, 7) is 3.62. The summed E-state index contributed by atoms with van der Waals surface area (Å²) >= 11 is 0. The van der Waals surface area contributed by atoms with Gasteiger partial charge in [0.25, 0.3) is 0 Å².